The van der Waals surface area contributed by atoms with Crippen LogP contribution >= 0.6 is 11.3 Å². The van der Waals surface area contributed by atoms with Crippen molar-refractivity contribution in [3.63, 3.8) is 0 Å². The summed E-state index contributed by atoms with van der Waals surface area (Å²) in [5.41, 5.74) is 1.44. The van der Waals surface area contributed by atoms with Crippen molar-refractivity contribution < 1.29 is 9.59 Å². The zero-order valence-corrected chi connectivity index (χ0v) is 15.3. The van der Waals surface area contributed by atoms with Crippen molar-refractivity contribution in [1.29, 1.82) is 0 Å². The van der Waals surface area contributed by atoms with Crippen LogP contribution in [0.15, 0.2) is 5.38 Å². The molecular weight excluding hydrogens is 320 g/mol. The Kier molecular flexibility index (Phi) is 3.94. The second-order valence-corrected chi connectivity index (χ2v) is 8.91. The average molecular weight is 346 g/mol. The molecule has 4 saturated carbocycles. The van der Waals surface area contributed by atoms with Crippen LogP contribution in [0.2, 0.25) is 0 Å². The highest BCUT2D eigenvalue weighted by atomic mass is 32.1. The van der Waals surface area contributed by atoms with Crippen LogP contribution in [0.25, 0.3) is 0 Å². The van der Waals surface area contributed by atoms with Crippen molar-refractivity contribution in [2.24, 2.45) is 23.2 Å². The molecular formula is C19H26N2O2S. The summed E-state index contributed by atoms with van der Waals surface area (Å²) < 4.78 is 0. The van der Waals surface area contributed by atoms with Crippen LogP contribution in [0.4, 0.5) is 5.00 Å². The van der Waals surface area contributed by atoms with Gasteiger partial charge in [-0.3, -0.25) is 9.59 Å². The maximum Gasteiger partial charge on any atom is 0.254 e. The summed E-state index contributed by atoms with van der Waals surface area (Å²) in [6, 6.07) is 0. The first-order valence-electron chi connectivity index (χ1n) is 9.21. The molecule has 0 saturated heterocycles. The summed E-state index contributed by atoms with van der Waals surface area (Å²) in [5, 5.41) is 8.78. The molecule has 5 rings (SSSR count). The minimum Gasteiger partial charge on any atom is -0.352 e. The van der Waals surface area contributed by atoms with E-state index < -0.39 is 0 Å². The Balaban J connectivity index is 1.54. The second-order valence-electron chi connectivity index (χ2n) is 8.03. The maximum absolute atomic E-state index is 13.1. The van der Waals surface area contributed by atoms with Gasteiger partial charge in [0, 0.05) is 6.54 Å². The summed E-state index contributed by atoms with van der Waals surface area (Å²) in [4.78, 5) is 25.6. The van der Waals surface area contributed by atoms with E-state index in [-0.39, 0.29) is 17.2 Å². The van der Waals surface area contributed by atoms with E-state index in [1.165, 1.54) is 30.6 Å². The van der Waals surface area contributed by atoms with E-state index in [9.17, 15) is 9.59 Å². The molecule has 1 aromatic heterocycles. The average Bonchev–Trinajstić information content (AvgIpc) is 3.12. The molecule has 0 radical (unpaired) electrons. The zero-order valence-electron chi connectivity index (χ0n) is 14.5. The van der Waals surface area contributed by atoms with Crippen molar-refractivity contribution in [2.45, 2.75) is 52.4 Å². The Morgan fingerprint density at radius 2 is 1.96 bits per heavy atom. The van der Waals surface area contributed by atoms with Gasteiger partial charge in [-0.1, -0.05) is 6.92 Å². The molecule has 0 aliphatic heterocycles. The van der Waals surface area contributed by atoms with Gasteiger partial charge in [0.1, 0.15) is 5.00 Å². The summed E-state index contributed by atoms with van der Waals surface area (Å²) in [6.45, 7) is 4.64. The molecule has 4 fully saturated rings. The molecule has 2 N–H and O–H groups in total. The highest BCUT2D eigenvalue weighted by Gasteiger charge is 2.61. The van der Waals surface area contributed by atoms with Crippen LogP contribution in [-0.2, 0) is 4.79 Å². The summed E-state index contributed by atoms with van der Waals surface area (Å²) in [7, 11) is 0. The van der Waals surface area contributed by atoms with Gasteiger partial charge >= 0.3 is 0 Å². The summed E-state index contributed by atoms with van der Waals surface area (Å²) in [5.74, 6) is 2.18. The van der Waals surface area contributed by atoms with Crippen LogP contribution in [0.3, 0.4) is 0 Å². The first kappa shape index (κ1) is 16.1. The van der Waals surface area contributed by atoms with Gasteiger partial charge in [0.2, 0.25) is 5.91 Å². The molecule has 4 nitrogen and oxygen atoms in total. The highest BCUT2D eigenvalue weighted by molar-refractivity contribution is 7.15. The first-order chi connectivity index (χ1) is 11.5. The minimum absolute atomic E-state index is 0.0689. The molecule has 130 valence electrons. The Hall–Kier alpha value is -1.36. The van der Waals surface area contributed by atoms with Gasteiger partial charge in [0.05, 0.1) is 11.0 Å². The van der Waals surface area contributed by atoms with Gasteiger partial charge in [-0.25, -0.2) is 0 Å². The van der Waals surface area contributed by atoms with Gasteiger partial charge in [-0.05, 0) is 74.1 Å². The Morgan fingerprint density at radius 1 is 1.25 bits per heavy atom. The van der Waals surface area contributed by atoms with E-state index in [1.807, 2.05) is 19.2 Å². The van der Waals surface area contributed by atoms with E-state index >= 15 is 0 Å². The van der Waals surface area contributed by atoms with Crippen LogP contribution in [-0.4, -0.2) is 18.4 Å². The maximum atomic E-state index is 13.1. The molecule has 5 heteroatoms. The third-order valence-corrected chi connectivity index (χ3v) is 7.42. The molecule has 0 spiro atoms. The molecule has 1 heterocycles. The van der Waals surface area contributed by atoms with E-state index in [4.69, 9.17) is 0 Å². The quantitative estimate of drug-likeness (QED) is 0.848. The molecule has 2 amide bonds. The minimum atomic E-state index is -0.150. The molecule has 4 aliphatic rings. The Morgan fingerprint density at radius 3 is 2.62 bits per heavy atom. The standard InChI is InChI=1S/C19H26N2O2S/c1-3-4-20-16(22)15-11(2)10-24-17(15)21-18(23)19-8-12-5-13(9-19)7-14(19)6-12/h10,12-14H,3-9H2,1-2H3,(H,20,22)(H,21,23). The monoisotopic (exact) mass is 346 g/mol. The number of aryl methyl sites for hydroxylation is 1. The molecule has 2 unspecified atom stereocenters. The van der Waals surface area contributed by atoms with E-state index in [2.05, 4.69) is 10.6 Å². The fraction of sp³-hybridized carbons (Fsp3) is 0.684. The number of carbonyl (C=O) groups is 2. The number of thiophene rings is 1. The second kappa shape index (κ2) is 5.87. The predicted octanol–water partition coefficient (Wildman–Crippen LogP) is 3.96. The topological polar surface area (TPSA) is 58.2 Å². The van der Waals surface area contributed by atoms with Gasteiger partial charge in [0.25, 0.3) is 5.91 Å². The fourth-order valence-corrected chi connectivity index (χ4v) is 6.48. The Bertz CT molecular complexity index is 667. The number of hydrogen-bond acceptors (Lipinski definition) is 3. The number of amides is 2. The Labute approximate surface area is 147 Å². The molecule has 1 aromatic rings. The van der Waals surface area contributed by atoms with E-state index in [0.717, 1.165) is 41.7 Å². The number of anilines is 1. The molecule has 24 heavy (non-hydrogen) atoms. The molecule has 4 bridgehead atoms. The molecule has 2 atom stereocenters. The molecule has 0 aromatic carbocycles. The zero-order chi connectivity index (χ0) is 16.9. The number of hydrogen-bond donors (Lipinski definition) is 2. The summed E-state index contributed by atoms with van der Waals surface area (Å²) >= 11 is 1.48. The fourth-order valence-electron chi connectivity index (χ4n) is 5.54. The van der Waals surface area contributed by atoms with Crippen LogP contribution < -0.4 is 10.6 Å². The SMILES string of the molecule is CCCNC(=O)c1c(C)csc1NC(=O)C12CC3CC(CC1C3)C2. The van der Waals surface area contributed by atoms with Gasteiger partial charge in [-0.15, -0.1) is 11.3 Å². The van der Waals surface area contributed by atoms with Gasteiger partial charge < -0.3 is 10.6 Å². The summed E-state index contributed by atoms with van der Waals surface area (Å²) in [6.07, 6.45) is 6.82. The van der Waals surface area contributed by atoms with Crippen LogP contribution in [0.1, 0.15) is 61.4 Å². The number of carbonyl (C=O) groups excluding carboxylic acids is 2. The highest BCUT2D eigenvalue weighted by Crippen LogP contribution is 2.65. The lowest BCUT2D eigenvalue weighted by Gasteiger charge is -2.31. The lowest BCUT2D eigenvalue weighted by atomic mass is 9.75. The third kappa shape index (κ3) is 2.40. The van der Waals surface area contributed by atoms with Crippen molar-refractivity contribution in [1.82, 2.24) is 5.32 Å². The predicted molar refractivity (Wildman–Crippen MR) is 96.3 cm³/mol. The van der Waals surface area contributed by atoms with Crippen LogP contribution in [0, 0.1) is 30.1 Å². The number of nitrogens with one attached hydrogen (secondary N) is 2. The normalized spacial score (nSPS) is 33.0. The smallest absolute Gasteiger partial charge is 0.254 e. The van der Waals surface area contributed by atoms with Crippen LogP contribution in [0.5, 0.6) is 0 Å². The van der Waals surface area contributed by atoms with Crippen molar-refractivity contribution >= 4 is 28.2 Å². The van der Waals surface area contributed by atoms with Crippen molar-refractivity contribution in [3.05, 3.63) is 16.5 Å². The lowest BCUT2D eigenvalue weighted by molar-refractivity contribution is -0.127. The van der Waals surface area contributed by atoms with Gasteiger partial charge in [-0.2, -0.15) is 0 Å². The van der Waals surface area contributed by atoms with E-state index in [0.29, 0.717) is 18.0 Å². The van der Waals surface area contributed by atoms with Crippen molar-refractivity contribution in [3.8, 4) is 0 Å². The molecule has 4 aliphatic carbocycles. The third-order valence-electron chi connectivity index (χ3n) is 6.41. The first-order valence-corrected chi connectivity index (χ1v) is 10.1. The lowest BCUT2D eigenvalue weighted by Crippen LogP contribution is -2.37. The van der Waals surface area contributed by atoms with Crippen molar-refractivity contribution in [2.75, 3.05) is 11.9 Å². The van der Waals surface area contributed by atoms with E-state index in [1.54, 1.807) is 0 Å². The van der Waals surface area contributed by atoms with Gasteiger partial charge in [0.15, 0.2) is 0 Å². The number of rotatable bonds is 5. The largest absolute Gasteiger partial charge is 0.352 e.